The molecule has 0 aliphatic carbocycles. The van der Waals surface area contributed by atoms with Crippen molar-refractivity contribution in [3.05, 3.63) is 59.7 Å². The fraction of sp³-hybridized carbons (Fsp3) is 0.560. The molecule has 2 fully saturated rings. The first-order valence-electron chi connectivity index (χ1n) is 11.7. The minimum absolute atomic E-state index is 0.152. The zero-order valence-electron chi connectivity index (χ0n) is 18.7. The number of piperidine rings is 2. The zero-order chi connectivity index (χ0) is 21.5. The second kappa shape index (κ2) is 10.8. The van der Waals surface area contributed by atoms with Gasteiger partial charge in [-0.15, -0.1) is 0 Å². The summed E-state index contributed by atoms with van der Waals surface area (Å²) in [6.07, 6.45) is 10.3. The predicted octanol–water partition coefficient (Wildman–Crippen LogP) is 2.82. The van der Waals surface area contributed by atoms with Crippen LogP contribution in [0.1, 0.15) is 42.5 Å². The van der Waals surface area contributed by atoms with Crippen molar-refractivity contribution in [3.8, 4) is 0 Å². The van der Waals surface area contributed by atoms with Crippen molar-refractivity contribution < 1.29 is 4.79 Å². The summed E-state index contributed by atoms with van der Waals surface area (Å²) in [4.78, 5) is 26.1. The number of hydrogen-bond acceptors (Lipinski definition) is 5. The monoisotopic (exact) mass is 421 g/mol. The van der Waals surface area contributed by atoms with E-state index in [4.69, 9.17) is 0 Å². The van der Waals surface area contributed by atoms with E-state index < -0.39 is 0 Å². The summed E-state index contributed by atoms with van der Waals surface area (Å²) < 4.78 is 0. The number of nitrogens with one attached hydrogen (secondary N) is 1. The van der Waals surface area contributed by atoms with Crippen LogP contribution in [0.3, 0.4) is 0 Å². The molecule has 1 amide bonds. The van der Waals surface area contributed by atoms with Gasteiger partial charge >= 0.3 is 0 Å². The van der Waals surface area contributed by atoms with Crippen LogP contribution in [0.15, 0.2) is 42.9 Å². The smallest absolute Gasteiger partial charge is 0.223 e. The molecule has 0 unspecified atom stereocenters. The lowest BCUT2D eigenvalue weighted by Gasteiger charge is -2.41. The van der Waals surface area contributed by atoms with E-state index in [2.05, 4.69) is 56.3 Å². The van der Waals surface area contributed by atoms with Gasteiger partial charge in [0.1, 0.15) is 0 Å². The van der Waals surface area contributed by atoms with Gasteiger partial charge in [0, 0.05) is 50.1 Å². The first-order chi connectivity index (χ1) is 15.2. The van der Waals surface area contributed by atoms with Gasteiger partial charge in [0.2, 0.25) is 5.91 Å². The highest BCUT2D eigenvalue weighted by molar-refractivity contribution is 5.78. The molecule has 1 aromatic heterocycles. The van der Waals surface area contributed by atoms with Crippen LogP contribution in [0.25, 0.3) is 0 Å². The standard InChI is InChI=1S/C25H35N5O/c1-20-4-2-3-5-22(20)19-29-14-9-24(10-15-29)30-16-7-21(8-17-30)25(31)28-11-6-23-18-26-12-13-27-23/h2-5,12-13,18,21,24H,6-11,14-17,19H2,1H3,(H,28,31). The molecular weight excluding hydrogens is 386 g/mol. The van der Waals surface area contributed by atoms with E-state index in [1.807, 2.05) is 0 Å². The Bertz CT molecular complexity index is 827. The number of carbonyl (C=O) groups excluding carboxylic acids is 1. The van der Waals surface area contributed by atoms with Crippen LogP contribution in [0.4, 0.5) is 0 Å². The van der Waals surface area contributed by atoms with Crippen molar-refractivity contribution in [1.29, 1.82) is 0 Å². The first-order valence-corrected chi connectivity index (χ1v) is 11.7. The summed E-state index contributed by atoms with van der Waals surface area (Å²) in [6.45, 7) is 8.34. The molecule has 2 aliphatic heterocycles. The molecule has 6 nitrogen and oxygen atoms in total. The van der Waals surface area contributed by atoms with E-state index in [-0.39, 0.29) is 11.8 Å². The van der Waals surface area contributed by atoms with Crippen molar-refractivity contribution in [2.24, 2.45) is 5.92 Å². The van der Waals surface area contributed by atoms with Gasteiger partial charge < -0.3 is 10.2 Å². The summed E-state index contributed by atoms with van der Waals surface area (Å²) in [6, 6.07) is 9.40. The molecule has 166 valence electrons. The fourth-order valence-electron chi connectivity index (χ4n) is 4.91. The van der Waals surface area contributed by atoms with E-state index in [1.165, 1.54) is 37.1 Å². The summed E-state index contributed by atoms with van der Waals surface area (Å²) in [7, 11) is 0. The van der Waals surface area contributed by atoms with Crippen molar-refractivity contribution in [1.82, 2.24) is 25.1 Å². The van der Waals surface area contributed by atoms with Crippen molar-refractivity contribution in [2.45, 2.75) is 51.6 Å². The lowest BCUT2D eigenvalue weighted by Crippen LogP contribution is -2.49. The van der Waals surface area contributed by atoms with Gasteiger partial charge in [-0.25, -0.2) is 0 Å². The number of rotatable bonds is 7. The number of carbonyl (C=O) groups is 1. The number of likely N-dealkylation sites (tertiary alicyclic amines) is 2. The molecule has 3 heterocycles. The average molecular weight is 422 g/mol. The molecule has 0 saturated carbocycles. The zero-order valence-corrected chi connectivity index (χ0v) is 18.7. The molecule has 0 radical (unpaired) electrons. The molecule has 4 rings (SSSR count). The maximum atomic E-state index is 12.5. The molecule has 31 heavy (non-hydrogen) atoms. The van der Waals surface area contributed by atoms with E-state index in [0.29, 0.717) is 12.6 Å². The second-order valence-corrected chi connectivity index (χ2v) is 8.98. The van der Waals surface area contributed by atoms with Crippen LogP contribution < -0.4 is 5.32 Å². The van der Waals surface area contributed by atoms with Gasteiger partial charge in [0.25, 0.3) is 0 Å². The molecule has 1 aromatic carbocycles. The van der Waals surface area contributed by atoms with Gasteiger partial charge in [-0.2, -0.15) is 0 Å². The lowest BCUT2D eigenvalue weighted by molar-refractivity contribution is -0.126. The van der Waals surface area contributed by atoms with Crippen molar-refractivity contribution in [2.75, 3.05) is 32.7 Å². The molecule has 2 aromatic rings. The molecule has 6 heteroatoms. The predicted molar refractivity (Wildman–Crippen MR) is 123 cm³/mol. The Morgan fingerprint density at radius 2 is 1.84 bits per heavy atom. The van der Waals surface area contributed by atoms with Crippen LogP contribution in [-0.4, -0.2) is 64.4 Å². The van der Waals surface area contributed by atoms with E-state index >= 15 is 0 Å². The van der Waals surface area contributed by atoms with Crippen LogP contribution in [0.2, 0.25) is 0 Å². The quantitative estimate of drug-likeness (QED) is 0.745. The number of benzene rings is 1. The third kappa shape index (κ3) is 6.11. The van der Waals surface area contributed by atoms with Gasteiger partial charge in [0.05, 0.1) is 5.69 Å². The van der Waals surface area contributed by atoms with Gasteiger partial charge in [0.15, 0.2) is 0 Å². The van der Waals surface area contributed by atoms with E-state index in [0.717, 1.165) is 44.6 Å². The normalized spacial score (nSPS) is 19.4. The molecular formula is C25H35N5O. The minimum Gasteiger partial charge on any atom is -0.355 e. The second-order valence-electron chi connectivity index (χ2n) is 8.98. The fourth-order valence-corrected chi connectivity index (χ4v) is 4.91. The summed E-state index contributed by atoms with van der Waals surface area (Å²) in [5.74, 6) is 0.357. The van der Waals surface area contributed by atoms with Crippen molar-refractivity contribution >= 4 is 5.91 Å². The van der Waals surface area contributed by atoms with Crippen LogP contribution in [0.5, 0.6) is 0 Å². The van der Waals surface area contributed by atoms with Crippen LogP contribution in [0, 0.1) is 12.8 Å². The largest absolute Gasteiger partial charge is 0.355 e. The topological polar surface area (TPSA) is 61.4 Å². The highest BCUT2D eigenvalue weighted by Gasteiger charge is 2.30. The Morgan fingerprint density at radius 3 is 2.55 bits per heavy atom. The maximum Gasteiger partial charge on any atom is 0.223 e. The summed E-state index contributed by atoms with van der Waals surface area (Å²) >= 11 is 0. The molecule has 0 bridgehead atoms. The van der Waals surface area contributed by atoms with Gasteiger partial charge in [-0.05, 0) is 69.9 Å². The highest BCUT2D eigenvalue weighted by Crippen LogP contribution is 2.25. The number of amides is 1. The molecule has 1 N–H and O–H groups in total. The van der Waals surface area contributed by atoms with Gasteiger partial charge in [-0.1, -0.05) is 24.3 Å². The summed E-state index contributed by atoms with van der Waals surface area (Å²) in [5.41, 5.74) is 3.76. The number of nitrogens with zero attached hydrogens (tertiary/aromatic N) is 4. The SMILES string of the molecule is Cc1ccccc1CN1CCC(N2CCC(C(=O)NCCc3cnccn3)CC2)CC1. The van der Waals surface area contributed by atoms with Gasteiger partial charge in [-0.3, -0.25) is 19.7 Å². The Kier molecular flexibility index (Phi) is 7.65. The third-order valence-corrected chi connectivity index (χ3v) is 6.93. The third-order valence-electron chi connectivity index (χ3n) is 6.93. The average Bonchev–Trinajstić information content (AvgIpc) is 2.82. The molecule has 0 atom stereocenters. The number of hydrogen-bond donors (Lipinski definition) is 1. The molecule has 0 spiro atoms. The van der Waals surface area contributed by atoms with E-state index in [1.54, 1.807) is 18.6 Å². The van der Waals surface area contributed by atoms with Crippen LogP contribution in [-0.2, 0) is 17.8 Å². The minimum atomic E-state index is 0.152. The Morgan fingerprint density at radius 1 is 1.06 bits per heavy atom. The highest BCUT2D eigenvalue weighted by atomic mass is 16.1. The summed E-state index contributed by atoms with van der Waals surface area (Å²) in [5, 5.41) is 3.10. The molecule has 2 aliphatic rings. The Hall–Kier alpha value is -2.31. The van der Waals surface area contributed by atoms with E-state index in [9.17, 15) is 4.79 Å². The number of aryl methyl sites for hydroxylation is 1. The van der Waals surface area contributed by atoms with Crippen LogP contribution >= 0.6 is 0 Å². The maximum absolute atomic E-state index is 12.5. The lowest BCUT2D eigenvalue weighted by atomic mass is 9.92. The number of aromatic nitrogens is 2. The van der Waals surface area contributed by atoms with Crippen molar-refractivity contribution in [3.63, 3.8) is 0 Å². The Labute approximate surface area is 186 Å². The first kappa shape index (κ1) is 21.9. The Balaban J connectivity index is 1.15. The molecule has 2 saturated heterocycles.